The highest BCUT2D eigenvalue weighted by Gasteiger charge is 2.16. The van der Waals surface area contributed by atoms with Crippen molar-refractivity contribution in [2.75, 3.05) is 57.5 Å². The molecule has 1 aromatic rings. The Hall–Kier alpha value is -1.75. The van der Waals surface area contributed by atoms with E-state index in [1.54, 1.807) is 0 Å². The number of carbonyl (C=O) groups is 1. The normalized spacial score (nSPS) is 15.5. The van der Waals surface area contributed by atoms with Gasteiger partial charge < -0.3 is 20.4 Å². The summed E-state index contributed by atoms with van der Waals surface area (Å²) < 4.78 is 0. The Morgan fingerprint density at radius 2 is 1.96 bits per heavy atom. The number of rotatable bonds is 7. The van der Waals surface area contributed by atoms with E-state index in [1.807, 2.05) is 18.0 Å². The van der Waals surface area contributed by atoms with E-state index < -0.39 is 0 Å². The van der Waals surface area contributed by atoms with Crippen LogP contribution in [0.3, 0.4) is 0 Å². The van der Waals surface area contributed by atoms with Gasteiger partial charge in [-0.15, -0.1) is 0 Å². The van der Waals surface area contributed by atoms with Crippen LogP contribution in [0.15, 0.2) is 18.2 Å². The van der Waals surface area contributed by atoms with E-state index in [0.29, 0.717) is 6.42 Å². The van der Waals surface area contributed by atoms with Crippen molar-refractivity contribution >= 4 is 17.3 Å². The molecule has 0 saturated carbocycles. The van der Waals surface area contributed by atoms with Gasteiger partial charge in [-0.3, -0.25) is 4.79 Å². The van der Waals surface area contributed by atoms with Crippen LogP contribution in [-0.2, 0) is 11.2 Å². The molecule has 1 aromatic carbocycles. The number of aryl methyl sites for hydroxylation is 1. The first-order valence-corrected chi connectivity index (χ1v) is 9.07. The fourth-order valence-electron chi connectivity index (χ4n) is 3.06. The van der Waals surface area contributed by atoms with Gasteiger partial charge in [0.15, 0.2) is 0 Å². The van der Waals surface area contributed by atoms with Crippen molar-refractivity contribution < 1.29 is 4.79 Å². The molecule has 0 radical (unpaired) electrons. The van der Waals surface area contributed by atoms with Gasteiger partial charge in [-0.1, -0.05) is 19.4 Å². The summed E-state index contributed by atoms with van der Waals surface area (Å²) in [6, 6.07) is 6.26. The van der Waals surface area contributed by atoms with E-state index in [1.165, 1.54) is 0 Å². The Bertz CT molecular complexity index is 538. The van der Waals surface area contributed by atoms with Crippen LogP contribution < -0.4 is 10.6 Å². The lowest BCUT2D eigenvalue weighted by molar-refractivity contribution is -0.129. The summed E-state index contributed by atoms with van der Waals surface area (Å²) in [6.45, 7) is 7.16. The Morgan fingerprint density at radius 1 is 1.25 bits per heavy atom. The summed E-state index contributed by atoms with van der Waals surface area (Å²) >= 11 is 0. The molecule has 0 aromatic heterocycles. The predicted octanol–water partition coefficient (Wildman–Crippen LogP) is 2.21. The highest BCUT2D eigenvalue weighted by atomic mass is 16.2. The molecule has 0 spiro atoms. The topological polar surface area (TPSA) is 52.8 Å². The molecule has 134 valence electrons. The van der Waals surface area contributed by atoms with E-state index in [2.05, 4.69) is 35.9 Å². The molecule has 0 unspecified atom stereocenters. The maximum absolute atomic E-state index is 12.1. The molecule has 5 heteroatoms. The SMILES string of the molecule is CCCCN(C)C(=O)CCc1ccc(N2CCN(C)CC2)c(N)c1. The third-order valence-electron chi connectivity index (χ3n) is 4.84. The molecule has 1 aliphatic rings. The summed E-state index contributed by atoms with van der Waals surface area (Å²) in [5.74, 6) is 0.213. The second-order valence-corrected chi connectivity index (χ2v) is 6.85. The highest BCUT2D eigenvalue weighted by molar-refractivity contribution is 5.76. The van der Waals surface area contributed by atoms with Crippen LogP contribution in [0, 0.1) is 0 Å². The number of amides is 1. The standard InChI is InChI=1S/C19H32N4O/c1-4-5-10-22(3)19(24)9-7-16-6-8-18(17(20)15-16)23-13-11-21(2)12-14-23/h6,8,15H,4-5,7,9-14,20H2,1-3H3. The Morgan fingerprint density at radius 3 is 2.58 bits per heavy atom. The predicted molar refractivity (Wildman–Crippen MR) is 101 cm³/mol. The summed E-state index contributed by atoms with van der Waals surface area (Å²) in [5.41, 5.74) is 9.36. The number of benzene rings is 1. The lowest BCUT2D eigenvalue weighted by atomic mass is 10.1. The number of hydrogen-bond acceptors (Lipinski definition) is 4. The molecule has 1 aliphatic heterocycles. The Labute approximate surface area is 146 Å². The lowest BCUT2D eigenvalue weighted by Crippen LogP contribution is -2.44. The molecule has 0 bridgehead atoms. The van der Waals surface area contributed by atoms with Gasteiger partial charge in [0.05, 0.1) is 11.4 Å². The molecule has 5 nitrogen and oxygen atoms in total. The van der Waals surface area contributed by atoms with Crippen molar-refractivity contribution in [2.45, 2.75) is 32.6 Å². The Balaban J connectivity index is 1.89. The van der Waals surface area contributed by atoms with Crippen molar-refractivity contribution in [1.29, 1.82) is 0 Å². The smallest absolute Gasteiger partial charge is 0.222 e. The number of nitrogens with zero attached hydrogens (tertiary/aromatic N) is 3. The molecule has 0 atom stereocenters. The number of likely N-dealkylation sites (N-methyl/N-ethyl adjacent to an activating group) is 1. The number of anilines is 2. The van der Waals surface area contributed by atoms with E-state index in [0.717, 1.165) is 68.9 Å². The van der Waals surface area contributed by atoms with Crippen LogP contribution in [0.4, 0.5) is 11.4 Å². The summed E-state index contributed by atoms with van der Waals surface area (Å²) in [6.07, 6.45) is 3.48. The molecule has 1 fully saturated rings. The minimum Gasteiger partial charge on any atom is -0.397 e. The number of piperazine rings is 1. The first-order chi connectivity index (χ1) is 11.5. The van der Waals surface area contributed by atoms with Gasteiger partial charge in [0, 0.05) is 46.2 Å². The minimum absolute atomic E-state index is 0.213. The molecule has 1 amide bonds. The van der Waals surface area contributed by atoms with Crippen molar-refractivity contribution in [3.8, 4) is 0 Å². The van der Waals surface area contributed by atoms with Crippen LogP contribution in [-0.4, -0.2) is 62.5 Å². The number of nitrogen functional groups attached to an aromatic ring is 1. The highest BCUT2D eigenvalue weighted by Crippen LogP contribution is 2.26. The zero-order valence-corrected chi connectivity index (χ0v) is 15.4. The molecule has 24 heavy (non-hydrogen) atoms. The largest absolute Gasteiger partial charge is 0.397 e. The third kappa shape index (κ3) is 5.13. The van der Waals surface area contributed by atoms with E-state index in [-0.39, 0.29) is 5.91 Å². The molecule has 0 aliphatic carbocycles. The summed E-state index contributed by atoms with van der Waals surface area (Å²) in [7, 11) is 4.04. The van der Waals surface area contributed by atoms with E-state index >= 15 is 0 Å². The molecular weight excluding hydrogens is 300 g/mol. The summed E-state index contributed by atoms with van der Waals surface area (Å²) in [5, 5.41) is 0. The zero-order valence-electron chi connectivity index (χ0n) is 15.4. The average Bonchev–Trinajstić information content (AvgIpc) is 2.58. The van der Waals surface area contributed by atoms with Crippen LogP contribution >= 0.6 is 0 Å². The van der Waals surface area contributed by atoms with Crippen molar-refractivity contribution in [2.24, 2.45) is 0 Å². The quantitative estimate of drug-likeness (QED) is 0.778. The lowest BCUT2D eigenvalue weighted by Gasteiger charge is -2.34. The fourth-order valence-corrected chi connectivity index (χ4v) is 3.06. The van der Waals surface area contributed by atoms with E-state index in [9.17, 15) is 4.79 Å². The molecule has 2 rings (SSSR count). The second-order valence-electron chi connectivity index (χ2n) is 6.85. The maximum atomic E-state index is 12.1. The third-order valence-corrected chi connectivity index (χ3v) is 4.84. The van der Waals surface area contributed by atoms with Crippen LogP contribution in [0.5, 0.6) is 0 Å². The molecule has 2 N–H and O–H groups in total. The molecular formula is C19H32N4O. The monoisotopic (exact) mass is 332 g/mol. The van der Waals surface area contributed by atoms with Gasteiger partial charge >= 0.3 is 0 Å². The first kappa shape index (κ1) is 18.6. The van der Waals surface area contributed by atoms with Gasteiger partial charge in [0.25, 0.3) is 0 Å². The van der Waals surface area contributed by atoms with Gasteiger partial charge in [0.2, 0.25) is 5.91 Å². The maximum Gasteiger partial charge on any atom is 0.222 e. The minimum atomic E-state index is 0.213. The van der Waals surface area contributed by atoms with Gasteiger partial charge in [-0.05, 0) is 37.6 Å². The first-order valence-electron chi connectivity index (χ1n) is 9.07. The Kier molecular flexibility index (Phi) is 6.91. The number of nitrogens with two attached hydrogens (primary N) is 1. The number of unbranched alkanes of at least 4 members (excludes halogenated alkanes) is 1. The van der Waals surface area contributed by atoms with E-state index in [4.69, 9.17) is 5.73 Å². The molecule has 1 heterocycles. The molecule has 1 saturated heterocycles. The van der Waals surface area contributed by atoms with Gasteiger partial charge in [-0.2, -0.15) is 0 Å². The zero-order chi connectivity index (χ0) is 17.5. The number of hydrogen-bond donors (Lipinski definition) is 1. The number of carbonyl (C=O) groups excluding carboxylic acids is 1. The summed E-state index contributed by atoms with van der Waals surface area (Å²) in [4.78, 5) is 18.7. The average molecular weight is 332 g/mol. The van der Waals surface area contributed by atoms with Crippen LogP contribution in [0.2, 0.25) is 0 Å². The van der Waals surface area contributed by atoms with Crippen LogP contribution in [0.25, 0.3) is 0 Å². The van der Waals surface area contributed by atoms with Crippen molar-refractivity contribution in [1.82, 2.24) is 9.80 Å². The fraction of sp³-hybridized carbons (Fsp3) is 0.632. The van der Waals surface area contributed by atoms with Crippen molar-refractivity contribution in [3.05, 3.63) is 23.8 Å². The van der Waals surface area contributed by atoms with Gasteiger partial charge in [0.1, 0.15) is 0 Å². The van der Waals surface area contributed by atoms with Crippen LogP contribution in [0.1, 0.15) is 31.7 Å². The second kappa shape index (κ2) is 8.92. The van der Waals surface area contributed by atoms with Gasteiger partial charge in [-0.25, -0.2) is 0 Å². The van der Waals surface area contributed by atoms with Crippen molar-refractivity contribution in [3.63, 3.8) is 0 Å².